The zero-order valence-electron chi connectivity index (χ0n) is 12.3. The smallest absolute Gasteiger partial charge is 0.222 e. The van der Waals surface area contributed by atoms with Crippen LogP contribution in [-0.2, 0) is 0 Å². The lowest BCUT2D eigenvalue weighted by Gasteiger charge is -2.37. The number of para-hydroxylation sites is 2. The van der Waals surface area contributed by atoms with Gasteiger partial charge in [0.15, 0.2) is 0 Å². The van der Waals surface area contributed by atoms with Crippen LogP contribution in [0.2, 0.25) is 5.28 Å². The summed E-state index contributed by atoms with van der Waals surface area (Å²) in [5.41, 5.74) is 3.15. The topological polar surface area (TPSA) is 64.8 Å². The number of anilines is 2. The molecule has 2 aromatic rings. The molecule has 1 aromatic heterocycles. The predicted molar refractivity (Wildman–Crippen MR) is 89.8 cm³/mol. The number of hydrogen-bond donors (Lipinski definition) is 1. The SMILES string of the molecule is N#C/C(=C1/Nc2ccccc2N1C1CCC1)c1ccnc(Cl)n1. The Morgan fingerprint density at radius 1 is 1.30 bits per heavy atom. The van der Waals surface area contributed by atoms with Crippen LogP contribution in [0.15, 0.2) is 42.3 Å². The lowest BCUT2D eigenvalue weighted by molar-refractivity contribution is 0.406. The molecule has 6 heteroatoms. The van der Waals surface area contributed by atoms with Crippen molar-refractivity contribution in [1.82, 2.24) is 9.97 Å². The highest BCUT2D eigenvalue weighted by molar-refractivity contribution is 6.28. The van der Waals surface area contributed by atoms with Crippen molar-refractivity contribution in [2.45, 2.75) is 25.3 Å². The molecule has 1 aromatic carbocycles. The van der Waals surface area contributed by atoms with E-state index in [1.807, 2.05) is 18.2 Å². The van der Waals surface area contributed by atoms with Gasteiger partial charge in [-0.3, -0.25) is 0 Å². The van der Waals surface area contributed by atoms with Crippen LogP contribution in [0.25, 0.3) is 5.57 Å². The highest BCUT2D eigenvalue weighted by atomic mass is 35.5. The van der Waals surface area contributed by atoms with Gasteiger partial charge in [-0.05, 0) is 49.1 Å². The van der Waals surface area contributed by atoms with E-state index in [4.69, 9.17) is 11.6 Å². The molecule has 114 valence electrons. The van der Waals surface area contributed by atoms with Gasteiger partial charge in [-0.15, -0.1) is 0 Å². The average Bonchev–Trinajstić information content (AvgIpc) is 2.86. The van der Waals surface area contributed by atoms with E-state index in [-0.39, 0.29) is 5.28 Å². The van der Waals surface area contributed by atoms with Gasteiger partial charge in [0, 0.05) is 12.2 Å². The standard InChI is InChI=1S/C17H14ClN5/c18-17-20-9-8-13(22-17)12(10-19)16-21-14-6-1-2-7-15(14)23(16)11-4-3-5-11/h1-2,6-9,11,21H,3-5H2/b16-12+. The molecule has 4 rings (SSSR count). The molecule has 0 bridgehead atoms. The first-order valence-corrected chi connectivity index (χ1v) is 7.94. The maximum absolute atomic E-state index is 9.72. The molecular weight excluding hydrogens is 310 g/mol. The van der Waals surface area contributed by atoms with Gasteiger partial charge in [0.2, 0.25) is 5.28 Å². The third-order valence-corrected chi connectivity index (χ3v) is 4.51. The van der Waals surface area contributed by atoms with Gasteiger partial charge < -0.3 is 10.2 Å². The molecule has 0 atom stereocenters. The number of benzene rings is 1. The minimum absolute atomic E-state index is 0.140. The highest BCUT2D eigenvalue weighted by Crippen LogP contribution is 2.43. The van der Waals surface area contributed by atoms with E-state index in [1.54, 1.807) is 12.3 Å². The van der Waals surface area contributed by atoms with Crippen LogP contribution in [0.3, 0.4) is 0 Å². The molecule has 0 radical (unpaired) electrons. The van der Waals surface area contributed by atoms with Crippen molar-refractivity contribution in [3.63, 3.8) is 0 Å². The van der Waals surface area contributed by atoms with Crippen molar-refractivity contribution in [3.05, 3.63) is 53.3 Å². The van der Waals surface area contributed by atoms with E-state index in [0.29, 0.717) is 17.3 Å². The fourth-order valence-corrected chi connectivity index (χ4v) is 3.16. The summed E-state index contributed by atoms with van der Waals surface area (Å²) in [7, 11) is 0. The van der Waals surface area contributed by atoms with E-state index in [1.165, 1.54) is 6.42 Å². The quantitative estimate of drug-likeness (QED) is 0.672. The lowest BCUT2D eigenvalue weighted by Crippen LogP contribution is -2.39. The summed E-state index contributed by atoms with van der Waals surface area (Å²) in [4.78, 5) is 10.3. The largest absolute Gasteiger partial charge is 0.339 e. The number of fused-ring (bicyclic) bond motifs is 1. The van der Waals surface area contributed by atoms with Crippen molar-refractivity contribution in [3.8, 4) is 6.07 Å². The first-order chi connectivity index (χ1) is 11.3. The summed E-state index contributed by atoms with van der Waals surface area (Å²) in [5.74, 6) is 0.785. The first kappa shape index (κ1) is 14.0. The van der Waals surface area contributed by atoms with E-state index in [0.717, 1.165) is 30.0 Å². The van der Waals surface area contributed by atoms with Crippen molar-refractivity contribution < 1.29 is 0 Å². The number of hydrogen-bond acceptors (Lipinski definition) is 5. The van der Waals surface area contributed by atoms with Crippen molar-refractivity contribution in [2.24, 2.45) is 0 Å². The molecule has 0 unspecified atom stereocenters. The summed E-state index contributed by atoms with van der Waals surface area (Å²) < 4.78 is 0. The Morgan fingerprint density at radius 3 is 2.83 bits per heavy atom. The van der Waals surface area contributed by atoms with E-state index in [9.17, 15) is 5.26 Å². The van der Waals surface area contributed by atoms with Crippen LogP contribution in [0, 0.1) is 11.3 Å². The van der Waals surface area contributed by atoms with Crippen molar-refractivity contribution in [2.75, 3.05) is 10.2 Å². The molecule has 1 saturated carbocycles. The number of nitrogens with zero attached hydrogens (tertiary/aromatic N) is 4. The minimum atomic E-state index is 0.140. The van der Waals surface area contributed by atoms with Crippen LogP contribution in [0.4, 0.5) is 11.4 Å². The molecule has 1 aliphatic carbocycles. The molecule has 1 aliphatic heterocycles. The molecule has 0 saturated heterocycles. The maximum atomic E-state index is 9.72. The molecule has 5 nitrogen and oxygen atoms in total. The molecule has 2 heterocycles. The van der Waals surface area contributed by atoms with Gasteiger partial charge in [0.05, 0.1) is 17.1 Å². The Labute approximate surface area is 139 Å². The summed E-state index contributed by atoms with van der Waals surface area (Å²) in [5, 5.41) is 13.2. The van der Waals surface area contributed by atoms with Gasteiger partial charge in [-0.1, -0.05) is 12.1 Å². The van der Waals surface area contributed by atoms with Crippen molar-refractivity contribution >= 4 is 28.5 Å². The van der Waals surface area contributed by atoms with Crippen LogP contribution >= 0.6 is 11.6 Å². The minimum Gasteiger partial charge on any atom is -0.339 e. The van der Waals surface area contributed by atoms with Gasteiger partial charge >= 0.3 is 0 Å². The van der Waals surface area contributed by atoms with Gasteiger partial charge in [-0.2, -0.15) is 5.26 Å². The Balaban J connectivity index is 1.87. The lowest BCUT2D eigenvalue weighted by atomic mass is 9.91. The van der Waals surface area contributed by atoms with Crippen LogP contribution < -0.4 is 10.2 Å². The summed E-state index contributed by atoms with van der Waals surface area (Å²) in [6, 6.07) is 12.5. The Kier molecular flexibility index (Phi) is 3.40. The molecule has 1 fully saturated rings. The molecule has 1 N–H and O–H groups in total. The van der Waals surface area contributed by atoms with Gasteiger partial charge in [0.1, 0.15) is 17.5 Å². The van der Waals surface area contributed by atoms with Gasteiger partial charge in [-0.25, -0.2) is 9.97 Å². The summed E-state index contributed by atoms with van der Waals surface area (Å²) in [6.45, 7) is 0. The van der Waals surface area contributed by atoms with E-state index in [2.05, 4.69) is 32.3 Å². The number of nitriles is 1. The zero-order chi connectivity index (χ0) is 15.8. The predicted octanol–water partition coefficient (Wildman–Crippen LogP) is 3.81. The number of rotatable bonds is 2. The third kappa shape index (κ3) is 2.32. The first-order valence-electron chi connectivity index (χ1n) is 7.56. The average molecular weight is 324 g/mol. The maximum Gasteiger partial charge on any atom is 0.222 e. The number of allylic oxidation sites excluding steroid dienone is 1. The van der Waals surface area contributed by atoms with Crippen LogP contribution in [-0.4, -0.2) is 16.0 Å². The van der Waals surface area contributed by atoms with Crippen LogP contribution in [0.5, 0.6) is 0 Å². The Morgan fingerprint density at radius 2 is 2.13 bits per heavy atom. The number of nitrogens with one attached hydrogen (secondary N) is 1. The Bertz CT molecular complexity index is 835. The van der Waals surface area contributed by atoms with E-state index >= 15 is 0 Å². The second-order valence-electron chi connectivity index (χ2n) is 5.64. The fourth-order valence-electron chi connectivity index (χ4n) is 3.01. The van der Waals surface area contributed by atoms with Gasteiger partial charge in [0.25, 0.3) is 0 Å². The Hall–Kier alpha value is -2.58. The monoisotopic (exact) mass is 323 g/mol. The van der Waals surface area contributed by atoms with Crippen molar-refractivity contribution in [1.29, 1.82) is 5.26 Å². The summed E-state index contributed by atoms with van der Waals surface area (Å²) in [6.07, 6.45) is 5.04. The third-order valence-electron chi connectivity index (χ3n) is 4.33. The molecule has 0 amide bonds. The fraction of sp³-hybridized carbons (Fsp3) is 0.235. The molecule has 23 heavy (non-hydrogen) atoms. The molecule has 0 spiro atoms. The highest BCUT2D eigenvalue weighted by Gasteiger charge is 2.35. The number of aromatic nitrogens is 2. The van der Waals surface area contributed by atoms with E-state index < -0.39 is 0 Å². The van der Waals surface area contributed by atoms with Crippen LogP contribution in [0.1, 0.15) is 25.0 Å². The summed E-state index contributed by atoms with van der Waals surface area (Å²) >= 11 is 5.89. The zero-order valence-corrected chi connectivity index (χ0v) is 13.1. The molecular formula is C17H14ClN5. The molecule has 2 aliphatic rings. The second-order valence-corrected chi connectivity index (χ2v) is 5.98. The normalized spacial score (nSPS) is 18.7. The number of halogens is 1. The second kappa shape index (κ2) is 5.56.